The molecule has 6 aromatic heterocycles. The number of aromatic nitrogens is 12. The van der Waals surface area contributed by atoms with Crippen LogP contribution in [0.25, 0.3) is 67.3 Å². The maximum absolute atomic E-state index is 6.37. The minimum atomic E-state index is -0.0803. The average molecular weight is 1060 g/mol. The van der Waals surface area contributed by atoms with E-state index in [-0.39, 0.29) is 29.8 Å². The first kappa shape index (κ1) is 47.9. The SMILES string of the molecule is COc1nc(-c2ccc(Cl)cc2Cl)c2[nH]cnc2n1.COc1nc(-c2ccc(Cl)cc2Cl)c2ncn(C3CCCCO3)c2n1.Clc1ccc(-c2nc(Cl)nc3c2ncn3C2CCCCO2)c(Cl)c1. The number of nitrogens with one attached hydrogen (secondary N) is 1. The molecule has 0 amide bonds. The number of halogens is 7. The highest BCUT2D eigenvalue weighted by Crippen LogP contribution is 2.38. The summed E-state index contributed by atoms with van der Waals surface area (Å²) in [5.41, 5.74) is 7.82. The van der Waals surface area contributed by atoms with E-state index in [0.717, 1.165) is 62.9 Å². The van der Waals surface area contributed by atoms with Gasteiger partial charge in [0.05, 0.1) is 48.3 Å². The van der Waals surface area contributed by atoms with Gasteiger partial charge in [-0.1, -0.05) is 69.6 Å². The molecule has 11 rings (SSSR count). The fraction of sp³-hybridized carbons (Fsp3) is 0.267. The van der Waals surface area contributed by atoms with Gasteiger partial charge < -0.3 is 23.9 Å². The Kier molecular flexibility index (Phi) is 15.0. The molecule has 0 saturated carbocycles. The minimum Gasteiger partial charge on any atom is -0.467 e. The summed E-state index contributed by atoms with van der Waals surface area (Å²) >= 11 is 42.9. The zero-order valence-electron chi connectivity index (χ0n) is 35.9. The zero-order valence-corrected chi connectivity index (χ0v) is 41.2. The van der Waals surface area contributed by atoms with E-state index in [2.05, 4.69) is 49.8 Å². The predicted molar refractivity (Wildman–Crippen MR) is 264 cm³/mol. The van der Waals surface area contributed by atoms with Crippen molar-refractivity contribution in [3.05, 3.63) is 109 Å². The van der Waals surface area contributed by atoms with Gasteiger partial charge in [-0.3, -0.25) is 9.13 Å². The van der Waals surface area contributed by atoms with Crippen molar-refractivity contribution in [2.24, 2.45) is 0 Å². The smallest absolute Gasteiger partial charge is 0.318 e. The molecule has 1 N–H and O–H groups in total. The Morgan fingerprint density at radius 1 is 0.544 bits per heavy atom. The lowest BCUT2D eigenvalue weighted by Crippen LogP contribution is -2.17. The molecule has 0 radical (unpaired) electrons. The maximum Gasteiger partial charge on any atom is 0.318 e. The lowest BCUT2D eigenvalue weighted by molar-refractivity contribution is -0.0299. The van der Waals surface area contributed by atoms with Gasteiger partial charge in [-0.05, 0) is 105 Å². The monoisotopic (exact) mass is 1050 g/mol. The first-order valence-corrected chi connectivity index (χ1v) is 23.7. The number of aromatic amines is 1. The largest absolute Gasteiger partial charge is 0.467 e. The molecule has 16 nitrogen and oxygen atoms in total. The Morgan fingerprint density at radius 3 is 1.50 bits per heavy atom. The fourth-order valence-corrected chi connectivity index (χ4v) is 9.36. The van der Waals surface area contributed by atoms with Crippen molar-refractivity contribution in [2.75, 3.05) is 27.4 Å². The van der Waals surface area contributed by atoms with Crippen molar-refractivity contribution in [2.45, 2.75) is 51.0 Å². The summed E-state index contributed by atoms with van der Waals surface area (Å²) in [6.45, 7) is 1.47. The normalized spacial score (nSPS) is 16.0. The van der Waals surface area contributed by atoms with Crippen LogP contribution < -0.4 is 9.47 Å². The second-order valence-electron chi connectivity index (χ2n) is 15.2. The third-order valence-electron chi connectivity index (χ3n) is 10.9. The van der Waals surface area contributed by atoms with E-state index >= 15 is 0 Å². The Labute approximate surface area is 423 Å². The number of ether oxygens (including phenoxy) is 4. The molecular formula is C45H37Cl7N12O4. The van der Waals surface area contributed by atoms with Gasteiger partial charge in [-0.2, -0.15) is 24.9 Å². The lowest BCUT2D eigenvalue weighted by atomic mass is 10.1. The summed E-state index contributed by atoms with van der Waals surface area (Å²) in [5.74, 6) is 0. The van der Waals surface area contributed by atoms with E-state index in [0.29, 0.717) is 86.3 Å². The number of H-pyrrole nitrogens is 1. The van der Waals surface area contributed by atoms with Gasteiger partial charge in [-0.25, -0.2) is 19.9 Å². The van der Waals surface area contributed by atoms with Gasteiger partial charge in [0.15, 0.2) is 16.9 Å². The number of methoxy groups -OCH3 is 2. The Morgan fingerprint density at radius 2 is 1.01 bits per heavy atom. The number of benzene rings is 3. The molecule has 0 aliphatic carbocycles. The average Bonchev–Trinajstić information content (AvgIpc) is 4.11. The molecule has 9 aromatic rings. The summed E-state index contributed by atoms with van der Waals surface area (Å²) < 4.78 is 25.9. The van der Waals surface area contributed by atoms with Gasteiger partial charge in [0.2, 0.25) is 5.28 Å². The molecule has 68 heavy (non-hydrogen) atoms. The summed E-state index contributed by atoms with van der Waals surface area (Å²) in [5, 5.41) is 3.31. The first-order valence-electron chi connectivity index (χ1n) is 21.0. The number of rotatable bonds is 7. The molecule has 3 aromatic carbocycles. The topological polar surface area (TPSA) is 179 Å². The quantitative estimate of drug-likeness (QED) is 0.149. The molecule has 2 aliphatic heterocycles. The van der Waals surface area contributed by atoms with Crippen LogP contribution in [0.15, 0.2) is 73.6 Å². The fourth-order valence-electron chi connectivity index (χ4n) is 7.71. The second kappa shape index (κ2) is 21.2. The number of hydrogen-bond donors (Lipinski definition) is 1. The Bertz CT molecular complexity index is 3270. The molecule has 2 aliphatic rings. The van der Waals surface area contributed by atoms with Crippen molar-refractivity contribution in [1.82, 2.24) is 59.0 Å². The first-order chi connectivity index (χ1) is 33.0. The number of fused-ring (bicyclic) bond motifs is 3. The van der Waals surface area contributed by atoms with Gasteiger partial charge >= 0.3 is 12.0 Å². The van der Waals surface area contributed by atoms with Gasteiger partial charge in [0.1, 0.15) is 46.1 Å². The summed E-state index contributed by atoms with van der Waals surface area (Å²) in [4.78, 5) is 42.2. The Balaban J connectivity index is 0.000000129. The molecule has 2 unspecified atom stereocenters. The van der Waals surface area contributed by atoms with Crippen molar-refractivity contribution in [3.8, 4) is 45.8 Å². The van der Waals surface area contributed by atoms with Crippen molar-refractivity contribution < 1.29 is 18.9 Å². The van der Waals surface area contributed by atoms with Gasteiger partial charge in [0.25, 0.3) is 0 Å². The molecule has 23 heteroatoms. The van der Waals surface area contributed by atoms with E-state index < -0.39 is 0 Å². The third kappa shape index (κ3) is 10.3. The van der Waals surface area contributed by atoms with Crippen LogP contribution in [-0.4, -0.2) is 86.4 Å². The highest BCUT2D eigenvalue weighted by molar-refractivity contribution is 6.38. The van der Waals surface area contributed by atoms with Gasteiger partial charge in [0, 0.05) is 45.0 Å². The molecule has 2 fully saturated rings. The van der Waals surface area contributed by atoms with Crippen LogP contribution in [0.4, 0.5) is 0 Å². The van der Waals surface area contributed by atoms with Crippen molar-refractivity contribution in [1.29, 1.82) is 0 Å². The maximum atomic E-state index is 6.37. The van der Waals surface area contributed by atoms with Crippen LogP contribution in [0.1, 0.15) is 51.0 Å². The molecular weight excluding hydrogens is 1020 g/mol. The molecule has 0 spiro atoms. The van der Waals surface area contributed by atoms with Crippen LogP contribution in [0.2, 0.25) is 35.4 Å². The van der Waals surface area contributed by atoms with Crippen molar-refractivity contribution in [3.63, 3.8) is 0 Å². The number of imidazole rings is 3. The van der Waals surface area contributed by atoms with E-state index in [4.69, 9.17) is 100 Å². The molecule has 350 valence electrons. The standard InChI is InChI=1S/C17H16Cl2N4O2.C16H13Cl3N4O.C12H8Cl2N4O/c1-24-17-21-14(11-6-5-10(18)8-12(11)19)15-16(22-17)23(9-20-15)13-4-2-3-7-25-13;17-9-4-5-10(11(18)7-9)13-14-15(22-16(19)21-13)23(8-20-14)12-3-1-2-6-24-12;1-19-12-17-9(10-11(18-12)16-5-15-10)7-3-2-6(13)4-8(7)14/h5-6,8-9,13H,2-4,7H2,1H3;4-5,7-8,12H,1-3,6H2;2-5H,1H3,(H,15,16,17,18). The third-order valence-corrected chi connectivity index (χ3v) is 12.7. The van der Waals surface area contributed by atoms with E-state index in [9.17, 15) is 0 Å². The highest BCUT2D eigenvalue weighted by atomic mass is 35.5. The minimum absolute atomic E-state index is 0.0769. The molecule has 2 saturated heterocycles. The zero-order chi connectivity index (χ0) is 47.5. The highest BCUT2D eigenvalue weighted by Gasteiger charge is 2.25. The van der Waals surface area contributed by atoms with Crippen LogP contribution >= 0.6 is 81.2 Å². The van der Waals surface area contributed by atoms with E-state index in [1.807, 2.05) is 15.2 Å². The van der Waals surface area contributed by atoms with Crippen LogP contribution in [-0.2, 0) is 9.47 Å². The van der Waals surface area contributed by atoms with Gasteiger partial charge in [-0.15, -0.1) is 0 Å². The summed E-state index contributed by atoms with van der Waals surface area (Å²) in [7, 11) is 3.04. The number of nitrogens with zero attached hydrogens (tertiary/aromatic N) is 11. The van der Waals surface area contributed by atoms with Crippen molar-refractivity contribution >= 4 is 115 Å². The van der Waals surface area contributed by atoms with Crippen LogP contribution in [0, 0.1) is 0 Å². The summed E-state index contributed by atoms with van der Waals surface area (Å²) in [6.07, 6.45) is 11.1. The second-order valence-corrected chi connectivity index (χ2v) is 18.1. The predicted octanol–water partition coefficient (Wildman–Crippen LogP) is 13.0. The summed E-state index contributed by atoms with van der Waals surface area (Å²) in [6, 6.07) is 16.2. The molecule has 2 atom stereocenters. The van der Waals surface area contributed by atoms with E-state index in [1.165, 1.54) is 14.2 Å². The molecule has 8 heterocycles. The lowest BCUT2D eigenvalue weighted by Gasteiger charge is -2.23. The molecule has 0 bridgehead atoms. The van der Waals surface area contributed by atoms with Crippen LogP contribution in [0.3, 0.4) is 0 Å². The van der Waals surface area contributed by atoms with Crippen LogP contribution in [0.5, 0.6) is 12.0 Å². The Hall–Kier alpha value is -5.14. The van der Waals surface area contributed by atoms with E-state index in [1.54, 1.807) is 67.5 Å². The number of hydrogen-bond acceptors (Lipinski definition) is 13.